The van der Waals surface area contributed by atoms with Crippen LogP contribution < -0.4 is 5.56 Å². The molecule has 1 unspecified atom stereocenters. The number of nitrogens with zero attached hydrogens (tertiary/aromatic N) is 4. The summed E-state index contributed by atoms with van der Waals surface area (Å²) in [6.07, 6.45) is 3.46. The number of hydrogen-bond acceptors (Lipinski definition) is 5. The van der Waals surface area contributed by atoms with E-state index in [1.165, 1.54) is 15.9 Å². The van der Waals surface area contributed by atoms with Crippen molar-refractivity contribution in [2.45, 2.75) is 25.9 Å². The van der Waals surface area contributed by atoms with E-state index in [9.17, 15) is 9.59 Å². The molecule has 5 rings (SSSR count). The molecule has 2 aromatic carbocycles. The molecule has 7 nitrogen and oxygen atoms in total. The van der Waals surface area contributed by atoms with Crippen LogP contribution in [0.1, 0.15) is 29.3 Å². The number of carbonyl (C=O) groups excluding carboxylic acids is 1. The molecule has 0 fully saturated rings. The van der Waals surface area contributed by atoms with Gasteiger partial charge in [-0.3, -0.25) is 14.2 Å². The zero-order valence-corrected chi connectivity index (χ0v) is 18.0. The summed E-state index contributed by atoms with van der Waals surface area (Å²) in [5, 5.41) is 6.81. The zero-order valence-electron chi connectivity index (χ0n) is 17.2. The number of hydrogen-bond donors (Lipinski definition) is 0. The molecular formula is C24H19ClN4O3. The van der Waals surface area contributed by atoms with Gasteiger partial charge in [-0.2, -0.15) is 5.10 Å². The first-order chi connectivity index (χ1) is 15.5. The van der Waals surface area contributed by atoms with Crippen LogP contribution in [0.25, 0.3) is 10.9 Å². The molecule has 0 saturated heterocycles. The highest BCUT2D eigenvalue weighted by molar-refractivity contribution is 6.31. The van der Waals surface area contributed by atoms with Gasteiger partial charge < -0.3 is 4.42 Å². The number of furan rings is 1. The molecule has 1 aliphatic heterocycles. The van der Waals surface area contributed by atoms with Gasteiger partial charge >= 0.3 is 0 Å². The van der Waals surface area contributed by atoms with Crippen LogP contribution in [0.5, 0.6) is 0 Å². The van der Waals surface area contributed by atoms with Gasteiger partial charge in [0.15, 0.2) is 0 Å². The normalized spacial score (nSPS) is 15.9. The number of aryl methyl sites for hydroxylation is 1. The highest BCUT2D eigenvalue weighted by atomic mass is 35.5. The van der Waals surface area contributed by atoms with Crippen molar-refractivity contribution in [3.63, 3.8) is 0 Å². The molecule has 0 spiro atoms. The van der Waals surface area contributed by atoms with Gasteiger partial charge in [-0.1, -0.05) is 41.4 Å². The van der Waals surface area contributed by atoms with Gasteiger partial charge in [-0.25, -0.2) is 9.99 Å². The number of fused-ring (bicyclic) bond motifs is 1. The Kier molecular flexibility index (Phi) is 5.11. The van der Waals surface area contributed by atoms with Crippen molar-refractivity contribution in [3.8, 4) is 0 Å². The first-order valence-electron chi connectivity index (χ1n) is 10.1. The Labute approximate surface area is 188 Å². The van der Waals surface area contributed by atoms with Gasteiger partial charge in [0, 0.05) is 11.4 Å². The van der Waals surface area contributed by atoms with E-state index in [1.807, 2.05) is 37.3 Å². The van der Waals surface area contributed by atoms with E-state index in [2.05, 4.69) is 10.1 Å². The first-order valence-corrected chi connectivity index (χ1v) is 10.5. The smallest absolute Gasteiger partial charge is 0.263 e. The van der Waals surface area contributed by atoms with Crippen LogP contribution >= 0.6 is 11.6 Å². The SMILES string of the molecule is Cc1ccc(C2=NN(C(=O)Cn3cnc4ccc(Cl)cc4c3=O)C(c3ccco3)C2)cc1. The molecule has 8 heteroatoms. The standard InChI is InChI=1S/C24H19ClN4O3/c1-15-4-6-16(7-5-15)20-12-21(22-3-2-10-32-22)29(27-20)23(30)13-28-14-26-19-9-8-17(25)11-18(19)24(28)31/h2-11,14,21H,12-13H2,1H3. The molecule has 32 heavy (non-hydrogen) atoms. The first kappa shape index (κ1) is 20.2. The van der Waals surface area contributed by atoms with E-state index in [0.717, 1.165) is 16.8 Å². The molecule has 0 N–H and O–H groups in total. The minimum Gasteiger partial charge on any atom is -0.467 e. The van der Waals surface area contributed by atoms with Gasteiger partial charge in [0.05, 0.1) is 29.2 Å². The average molecular weight is 447 g/mol. The number of hydrazone groups is 1. The maximum Gasteiger partial charge on any atom is 0.263 e. The predicted molar refractivity (Wildman–Crippen MR) is 122 cm³/mol. The third-order valence-electron chi connectivity index (χ3n) is 5.51. The zero-order chi connectivity index (χ0) is 22.2. The molecule has 1 amide bonds. The Morgan fingerprint density at radius 2 is 2.00 bits per heavy atom. The molecule has 1 atom stereocenters. The number of carbonyl (C=O) groups is 1. The number of halogens is 1. The summed E-state index contributed by atoms with van der Waals surface area (Å²) in [5.74, 6) is 0.304. The molecule has 0 saturated carbocycles. The summed E-state index contributed by atoms with van der Waals surface area (Å²) in [6, 6.07) is 16.1. The third kappa shape index (κ3) is 3.71. The summed E-state index contributed by atoms with van der Waals surface area (Å²) in [7, 11) is 0. The van der Waals surface area contributed by atoms with Gasteiger partial charge in [0.2, 0.25) is 0 Å². The summed E-state index contributed by atoms with van der Waals surface area (Å²) >= 11 is 6.03. The second-order valence-corrected chi connectivity index (χ2v) is 8.16. The van der Waals surface area contributed by atoms with Crippen LogP contribution in [-0.4, -0.2) is 26.2 Å². The Morgan fingerprint density at radius 1 is 1.19 bits per heavy atom. The third-order valence-corrected chi connectivity index (χ3v) is 5.75. The highest BCUT2D eigenvalue weighted by Crippen LogP contribution is 2.33. The van der Waals surface area contributed by atoms with Crippen LogP contribution in [0.2, 0.25) is 5.02 Å². The topological polar surface area (TPSA) is 80.7 Å². The molecule has 160 valence electrons. The fourth-order valence-corrected chi connectivity index (χ4v) is 4.00. The summed E-state index contributed by atoms with van der Waals surface area (Å²) in [5.41, 5.74) is 3.07. The van der Waals surface area contributed by atoms with Crippen molar-refractivity contribution in [1.29, 1.82) is 0 Å². The van der Waals surface area contributed by atoms with Crippen molar-refractivity contribution in [1.82, 2.24) is 14.6 Å². The van der Waals surface area contributed by atoms with Crippen LogP contribution in [0.4, 0.5) is 0 Å². The maximum absolute atomic E-state index is 13.3. The Hall–Kier alpha value is -3.71. The van der Waals surface area contributed by atoms with Gasteiger partial charge in [-0.15, -0.1) is 0 Å². The molecule has 3 heterocycles. The van der Waals surface area contributed by atoms with Gasteiger partial charge in [0.25, 0.3) is 11.5 Å². The lowest BCUT2D eigenvalue weighted by atomic mass is 10.0. The lowest BCUT2D eigenvalue weighted by Gasteiger charge is -2.20. The van der Waals surface area contributed by atoms with Crippen LogP contribution in [-0.2, 0) is 11.3 Å². The predicted octanol–water partition coefficient (Wildman–Crippen LogP) is 4.33. The van der Waals surface area contributed by atoms with Crippen molar-refractivity contribution >= 4 is 34.1 Å². The Morgan fingerprint density at radius 3 is 2.75 bits per heavy atom. The van der Waals surface area contributed by atoms with Crippen LogP contribution in [0.15, 0.2) is 81.5 Å². The second kappa shape index (κ2) is 8.09. The summed E-state index contributed by atoms with van der Waals surface area (Å²) in [4.78, 5) is 30.5. The second-order valence-electron chi connectivity index (χ2n) is 7.73. The number of aromatic nitrogens is 2. The number of amides is 1. The monoisotopic (exact) mass is 446 g/mol. The van der Waals surface area contributed by atoms with Crippen molar-refractivity contribution in [2.24, 2.45) is 5.10 Å². The highest BCUT2D eigenvalue weighted by Gasteiger charge is 2.35. The molecule has 0 radical (unpaired) electrons. The lowest BCUT2D eigenvalue weighted by Crippen LogP contribution is -2.34. The lowest BCUT2D eigenvalue weighted by molar-refractivity contribution is -0.134. The molecule has 0 aliphatic carbocycles. The van der Waals surface area contributed by atoms with Crippen molar-refractivity contribution in [2.75, 3.05) is 0 Å². The number of rotatable bonds is 4. The Balaban J connectivity index is 1.48. The van der Waals surface area contributed by atoms with E-state index in [-0.39, 0.29) is 24.1 Å². The largest absolute Gasteiger partial charge is 0.467 e. The molecule has 4 aromatic rings. The summed E-state index contributed by atoms with van der Waals surface area (Å²) in [6.45, 7) is 1.82. The minimum atomic E-state index is -0.382. The van der Waals surface area contributed by atoms with E-state index >= 15 is 0 Å². The fraction of sp³-hybridized carbons (Fsp3) is 0.167. The van der Waals surface area contributed by atoms with Crippen molar-refractivity contribution < 1.29 is 9.21 Å². The molecule has 0 bridgehead atoms. The van der Waals surface area contributed by atoms with Gasteiger partial charge in [-0.05, 0) is 42.8 Å². The van der Waals surface area contributed by atoms with Crippen LogP contribution in [0, 0.1) is 6.92 Å². The Bertz CT molecular complexity index is 1390. The molecular weight excluding hydrogens is 428 g/mol. The summed E-state index contributed by atoms with van der Waals surface area (Å²) < 4.78 is 6.86. The number of benzene rings is 2. The minimum absolute atomic E-state index is 0.198. The van der Waals surface area contributed by atoms with Crippen LogP contribution in [0.3, 0.4) is 0 Å². The quantitative estimate of drug-likeness (QED) is 0.467. The van der Waals surface area contributed by atoms with E-state index in [4.69, 9.17) is 16.0 Å². The fourth-order valence-electron chi connectivity index (χ4n) is 3.83. The average Bonchev–Trinajstić information content (AvgIpc) is 3.46. The van der Waals surface area contributed by atoms with E-state index in [0.29, 0.717) is 28.1 Å². The van der Waals surface area contributed by atoms with E-state index in [1.54, 1.807) is 30.5 Å². The van der Waals surface area contributed by atoms with Gasteiger partial charge in [0.1, 0.15) is 18.3 Å². The molecule has 1 aliphatic rings. The van der Waals surface area contributed by atoms with E-state index < -0.39 is 0 Å². The maximum atomic E-state index is 13.3. The van der Waals surface area contributed by atoms with Crippen molar-refractivity contribution in [3.05, 3.63) is 99.5 Å². The molecule has 2 aromatic heterocycles.